The fourth-order valence-corrected chi connectivity index (χ4v) is 0.489. The van der Waals surface area contributed by atoms with Crippen LogP contribution in [0.3, 0.4) is 0 Å². The standard InChI is InChI=1S/C7H13NO3/c1-6(7(9)10)5-8-3-4-11-2/h8H,1,3-5H2,2H3,(H,9,10). The van der Waals surface area contributed by atoms with E-state index in [0.717, 1.165) is 0 Å². The van der Waals surface area contributed by atoms with Crippen LogP contribution in [0.4, 0.5) is 0 Å². The molecule has 0 amide bonds. The largest absolute Gasteiger partial charge is 0.478 e. The van der Waals surface area contributed by atoms with Gasteiger partial charge in [-0.3, -0.25) is 0 Å². The quantitative estimate of drug-likeness (QED) is 0.418. The molecule has 0 spiro atoms. The number of carboxylic acids is 1. The van der Waals surface area contributed by atoms with Crippen molar-refractivity contribution in [2.24, 2.45) is 0 Å². The zero-order chi connectivity index (χ0) is 8.69. The molecular formula is C7H13NO3. The lowest BCUT2D eigenvalue weighted by atomic mass is 10.3. The smallest absolute Gasteiger partial charge is 0.332 e. The van der Waals surface area contributed by atoms with Gasteiger partial charge in [-0.1, -0.05) is 6.58 Å². The first-order valence-corrected chi connectivity index (χ1v) is 3.29. The SMILES string of the molecule is C=C(CNCCOC)C(=O)O. The van der Waals surface area contributed by atoms with Crippen LogP contribution in [0.1, 0.15) is 0 Å². The van der Waals surface area contributed by atoms with Crippen LogP contribution in [0.2, 0.25) is 0 Å². The summed E-state index contributed by atoms with van der Waals surface area (Å²) in [5.74, 6) is -0.963. The highest BCUT2D eigenvalue weighted by Crippen LogP contribution is 1.85. The van der Waals surface area contributed by atoms with E-state index in [1.165, 1.54) is 0 Å². The summed E-state index contributed by atoms with van der Waals surface area (Å²) in [4.78, 5) is 10.2. The summed E-state index contributed by atoms with van der Waals surface area (Å²) in [5.41, 5.74) is 0.168. The molecule has 0 bridgehead atoms. The molecule has 0 radical (unpaired) electrons. The molecule has 0 fully saturated rings. The fourth-order valence-electron chi connectivity index (χ4n) is 0.489. The van der Waals surface area contributed by atoms with Crippen molar-refractivity contribution in [2.45, 2.75) is 0 Å². The van der Waals surface area contributed by atoms with E-state index in [4.69, 9.17) is 9.84 Å². The number of rotatable bonds is 6. The van der Waals surface area contributed by atoms with Gasteiger partial charge in [-0.2, -0.15) is 0 Å². The molecule has 0 aromatic heterocycles. The number of nitrogens with one attached hydrogen (secondary N) is 1. The van der Waals surface area contributed by atoms with Gasteiger partial charge < -0.3 is 15.2 Å². The molecule has 4 nitrogen and oxygen atoms in total. The minimum Gasteiger partial charge on any atom is -0.478 e. The molecule has 0 aromatic carbocycles. The summed E-state index contributed by atoms with van der Waals surface area (Å²) in [6.45, 7) is 4.87. The molecule has 0 aliphatic heterocycles. The Kier molecular flexibility index (Phi) is 5.42. The summed E-state index contributed by atoms with van der Waals surface area (Å²) < 4.78 is 4.74. The Balaban J connectivity index is 3.25. The summed E-state index contributed by atoms with van der Waals surface area (Å²) >= 11 is 0. The minimum absolute atomic E-state index is 0.168. The van der Waals surface area contributed by atoms with E-state index in [-0.39, 0.29) is 5.57 Å². The first-order valence-electron chi connectivity index (χ1n) is 3.29. The van der Waals surface area contributed by atoms with Crippen LogP contribution in [0.15, 0.2) is 12.2 Å². The molecule has 0 atom stereocenters. The average Bonchev–Trinajstić information content (AvgIpc) is 1.97. The van der Waals surface area contributed by atoms with Crippen LogP contribution in [0.25, 0.3) is 0 Å². The van der Waals surface area contributed by atoms with Gasteiger partial charge in [0.1, 0.15) is 0 Å². The van der Waals surface area contributed by atoms with Crippen LogP contribution < -0.4 is 5.32 Å². The first kappa shape index (κ1) is 10.1. The van der Waals surface area contributed by atoms with E-state index < -0.39 is 5.97 Å². The van der Waals surface area contributed by atoms with E-state index in [0.29, 0.717) is 19.7 Å². The van der Waals surface area contributed by atoms with Crippen molar-refractivity contribution in [3.05, 3.63) is 12.2 Å². The molecule has 4 heteroatoms. The first-order chi connectivity index (χ1) is 5.18. The van der Waals surface area contributed by atoms with Crippen molar-refractivity contribution in [1.29, 1.82) is 0 Å². The number of methoxy groups -OCH3 is 1. The van der Waals surface area contributed by atoms with E-state index in [9.17, 15) is 4.79 Å². The Hall–Kier alpha value is -0.870. The molecule has 0 aliphatic rings. The van der Waals surface area contributed by atoms with Crippen molar-refractivity contribution in [2.75, 3.05) is 26.8 Å². The maximum absolute atomic E-state index is 10.2. The number of carbonyl (C=O) groups is 1. The van der Waals surface area contributed by atoms with Crippen LogP contribution in [-0.2, 0) is 9.53 Å². The number of hydrogen-bond acceptors (Lipinski definition) is 3. The van der Waals surface area contributed by atoms with E-state index in [2.05, 4.69) is 11.9 Å². The maximum Gasteiger partial charge on any atom is 0.332 e. The van der Waals surface area contributed by atoms with Gasteiger partial charge in [0.15, 0.2) is 0 Å². The van der Waals surface area contributed by atoms with Gasteiger partial charge in [-0.15, -0.1) is 0 Å². The van der Waals surface area contributed by atoms with Crippen molar-refractivity contribution in [3.63, 3.8) is 0 Å². The van der Waals surface area contributed by atoms with Gasteiger partial charge in [-0.25, -0.2) is 4.79 Å². The van der Waals surface area contributed by atoms with Crippen LogP contribution in [-0.4, -0.2) is 37.9 Å². The Labute approximate surface area is 65.9 Å². The van der Waals surface area contributed by atoms with Gasteiger partial charge in [0.25, 0.3) is 0 Å². The van der Waals surface area contributed by atoms with Gasteiger partial charge in [-0.05, 0) is 0 Å². The molecule has 0 saturated carbocycles. The summed E-state index contributed by atoms with van der Waals surface area (Å²) in [6, 6.07) is 0. The monoisotopic (exact) mass is 159 g/mol. The highest BCUT2D eigenvalue weighted by Gasteiger charge is 2.01. The van der Waals surface area contributed by atoms with Crippen molar-refractivity contribution in [1.82, 2.24) is 5.32 Å². The van der Waals surface area contributed by atoms with Crippen LogP contribution in [0.5, 0.6) is 0 Å². The third-order valence-electron chi connectivity index (χ3n) is 1.12. The number of carboxylic acid groups (broad SMARTS) is 1. The number of hydrogen-bond donors (Lipinski definition) is 2. The fraction of sp³-hybridized carbons (Fsp3) is 0.571. The zero-order valence-electron chi connectivity index (χ0n) is 6.59. The number of ether oxygens (including phenoxy) is 1. The summed E-state index contributed by atoms with van der Waals surface area (Å²) in [6.07, 6.45) is 0. The van der Waals surface area contributed by atoms with Crippen molar-refractivity contribution >= 4 is 5.97 Å². The molecule has 0 unspecified atom stereocenters. The van der Waals surface area contributed by atoms with Crippen LogP contribution >= 0.6 is 0 Å². The van der Waals surface area contributed by atoms with Gasteiger partial charge >= 0.3 is 5.97 Å². The Morgan fingerprint density at radius 2 is 2.36 bits per heavy atom. The Morgan fingerprint density at radius 1 is 1.73 bits per heavy atom. The van der Waals surface area contributed by atoms with Gasteiger partial charge in [0, 0.05) is 25.8 Å². The third-order valence-corrected chi connectivity index (χ3v) is 1.12. The molecule has 0 heterocycles. The molecular weight excluding hydrogens is 146 g/mol. The average molecular weight is 159 g/mol. The lowest BCUT2D eigenvalue weighted by Crippen LogP contribution is -2.23. The van der Waals surface area contributed by atoms with E-state index in [1.807, 2.05) is 0 Å². The second-order valence-corrected chi connectivity index (χ2v) is 2.08. The minimum atomic E-state index is -0.963. The molecule has 0 aliphatic carbocycles. The highest BCUT2D eigenvalue weighted by molar-refractivity contribution is 5.86. The molecule has 2 N–H and O–H groups in total. The molecule has 0 rings (SSSR count). The van der Waals surface area contributed by atoms with Gasteiger partial charge in [0.2, 0.25) is 0 Å². The predicted octanol–water partition coefficient (Wildman–Crippen LogP) is -0.137. The predicted molar refractivity (Wildman–Crippen MR) is 41.5 cm³/mol. The molecule has 0 saturated heterocycles. The normalized spacial score (nSPS) is 9.55. The Bertz CT molecular complexity index is 145. The van der Waals surface area contributed by atoms with Crippen LogP contribution in [0, 0.1) is 0 Å². The molecule has 64 valence electrons. The zero-order valence-corrected chi connectivity index (χ0v) is 6.59. The topological polar surface area (TPSA) is 58.6 Å². The molecule has 11 heavy (non-hydrogen) atoms. The molecule has 0 aromatic rings. The van der Waals surface area contributed by atoms with E-state index in [1.54, 1.807) is 7.11 Å². The lowest BCUT2D eigenvalue weighted by Gasteiger charge is -2.02. The Morgan fingerprint density at radius 3 is 2.82 bits per heavy atom. The van der Waals surface area contributed by atoms with Gasteiger partial charge in [0.05, 0.1) is 6.61 Å². The third kappa shape index (κ3) is 5.57. The number of aliphatic carboxylic acids is 1. The van der Waals surface area contributed by atoms with Crippen molar-refractivity contribution in [3.8, 4) is 0 Å². The summed E-state index contributed by atoms with van der Waals surface area (Å²) in [7, 11) is 1.59. The highest BCUT2D eigenvalue weighted by atomic mass is 16.5. The second kappa shape index (κ2) is 5.88. The second-order valence-electron chi connectivity index (χ2n) is 2.08. The summed E-state index contributed by atoms with van der Waals surface area (Å²) in [5, 5.41) is 11.2. The van der Waals surface area contributed by atoms with E-state index >= 15 is 0 Å². The lowest BCUT2D eigenvalue weighted by molar-refractivity contribution is -0.132. The van der Waals surface area contributed by atoms with Crippen molar-refractivity contribution < 1.29 is 14.6 Å². The maximum atomic E-state index is 10.2.